The van der Waals surface area contributed by atoms with Crippen molar-refractivity contribution in [3.63, 3.8) is 0 Å². The summed E-state index contributed by atoms with van der Waals surface area (Å²) in [6.45, 7) is 2.08. The fourth-order valence-electron chi connectivity index (χ4n) is 2.27. The molecule has 0 atom stereocenters. The summed E-state index contributed by atoms with van der Waals surface area (Å²) in [5.41, 5.74) is 5.23. The number of carbonyl (C=O) groups excluding carboxylic acids is 1. The predicted octanol–water partition coefficient (Wildman–Crippen LogP) is 1.50. The highest BCUT2D eigenvalue weighted by Crippen LogP contribution is 2.41. The van der Waals surface area contributed by atoms with Crippen LogP contribution in [0.1, 0.15) is 45.4 Å². The molecule has 3 N–H and O–H groups in total. The monoisotopic (exact) mass is 226 g/mol. The highest BCUT2D eigenvalue weighted by Gasteiger charge is 2.48. The van der Waals surface area contributed by atoms with Crippen LogP contribution in [0.4, 0.5) is 0 Å². The van der Waals surface area contributed by atoms with E-state index in [1.165, 1.54) is 0 Å². The third kappa shape index (κ3) is 1.87. The summed E-state index contributed by atoms with van der Waals surface area (Å²) in [5.74, 6) is 0.0625. The molecular weight excluding hydrogens is 208 g/mol. The summed E-state index contributed by atoms with van der Waals surface area (Å²) in [7, 11) is 0. The maximum atomic E-state index is 12.2. The zero-order valence-corrected chi connectivity index (χ0v) is 9.95. The lowest BCUT2D eigenvalue weighted by molar-refractivity contribution is -0.128. The van der Waals surface area contributed by atoms with Gasteiger partial charge in [-0.2, -0.15) is 0 Å². The van der Waals surface area contributed by atoms with Gasteiger partial charge in [0.2, 0.25) is 5.91 Å². The van der Waals surface area contributed by atoms with E-state index in [-0.39, 0.29) is 11.4 Å². The van der Waals surface area contributed by atoms with Crippen molar-refractivity contribution < 1.29 is 4.79 Å². The average Bonchev–Trinajstić information content (AvgIpc) is 2.70. The second-order valence-corrected chi connectivity index (χ2v) is 5.61. The van der Waals surface area contributed by atoms with E-state index in [0.29, 0.717) is 4.99 Å². The van der Waals surface area contributed by atoms with Crippen molar-refractivity contribution in [1.82, 2.24) is 5.32 Å². The Labute approximate surface area is 95.8 Å². The molecule has 2 aliphatic carbocycles. The minimum Gasteiger partial charge on any atom is -0.392 e. The van der Waals surface area contributed by atoms with Crippen LogP contribution in [0.25, 0.3) is 0 Å². The van der Waals surface area contributed by atoms with E-state index >= 15 is 0 Å². The van der Waals surface area contributed by atoms with Crippen LogP contribution in [-0.4, -0.2) is 16.4 Å². The maximum Gasteiger partial charge on any atom is 0.233 e. The molecule has 15 heavy (non-hydrogen) atoms. The van der Waals surface area contributed by atoms with Gasteiger partial charge in [-0.3, -0.25) is 4.79 Å². The fourth-order valence-corrected chi connectivity index (χ4v) is 2.57. The van der Waals surface area contributed by atoms with Gasteiger partial charge in [-0.1, -0.05) is 25.1 Å². The van der Waals surface area contributed by atoms with E-state index < -0.39 is 5.41 Å². The van der Waals surface area contributed by atoms with Crippen LogP contribution in [0, 0.1) is 5.41 Å². The second-order valence-electron chi connectivity index (χ2n) is 5.17. The van der Waals surface area contributed by atoms with Crippen molar-refractivity contribution in [2.24, 2.45) is 11.1 Å². The Morgan fingerprint density at radius 2 is 1.80 bits per heavy atom. The zero-order chi connectivity index (χ0) is 11.1. The summed E-state index contributed by atoms with van der Waals surface area (Å²) < 4.78 is 0. The minimum atomic E-state index is -0.541. The first-order valence-corrected chi connectivity index (χ1v) is 6.02. The van der Waals surface area contributed by atoms with Crippen molar-refractivity contribution in [2.45, 2.75) is 51.0 Å². The topological polar surface area (TPSA) is 55.1 Å². The number of hydrogen-bond acceptors (Lipinski definition) is 2. The Balaban J connectivity index is 2.11. The first kappa shape index (κ1) is 10.9. The molecule has 0 saturated heterocycles. The van der Waals surface area contributed by atoms with E-state index in [2.05, 4.69) is 12.2 Å². The van der Waals surface area contributed by atoms with Crippen LogP contribution >= 0.6 is 12.2 Å². The molecule has 0 unspecified atom stereocenters. The van der Waals surface area contributed by atoms with Crippen LogP contribution in [0.5, 0.6) is 0 Å². The maximum absolute atomic E-state index is 12.2. The summed E-state index contributed by atoms with van der Waals surface area (Å²) in [5, 5.41) is 3.09. The number of nitrogens with one attached hydrogen (secondary N) is 1. The Bertz CT molecular complexity index is 304. The number of carbonyl (C=O) groups is 1. The van der Waals surface area contributed by atoms with Gasteiger partial charge < -0.3 is 11.1 Å². The first-order valence-electron chi connectivity index (χ1n) is 5.61. The molecule has 2 aliphatic rings. The Morgan fingerprint density at radius 3 is 2.20 bits per heavy atom. The summed E-state index contributed by atoms with van der Waals surface area (Å²) in [6.07, 6.45) is 5.91. The van der Waals surface area contributed by atoms with Crippen molar-refractivity contribution in [3.05, 3.63) is 0 Å². The lowest BCUT2D eigenvalue weighted by Gasteiger charge is -2.28. The van der Waals surface area contributed by atoms with Gasteiger partial charge in [0, 0.05) is 5.54 Å². The molecule has 0 spiro atoms. The molecule has 4 heteroatoms. The number of amides is 1. The van der Waals surface area contributed by atoms with E-state index in [0.717, 1.165) is 38.5 Å². The van der Waals surface area contributed by atoms with E-state index in [1.54, 1.807) is 0 Å². The van der Waals surface area contributed by atoms with Gasteiger partial charge in [0.1, 0.15) is 0 Å². The molecule has 0 aromatic heterocycles. The average molecular weight is 226 g/mol. The predicted molar refractivity (Wildman–Crippen MR) is 63.5 cm³/mol. The SMILES string of the molecule is CC1(NC(=O)C2(C(N)=S)CCCC2)CC1. The van der Waals surface area contributed by atoms with Gasteiger partial charge in [-0.15, -0.1) is 0 Å². The normalized spacial score (nSPS) is 25.9. The number of thiocarbonyl (C=S) groups is 1. The summed E-state index contributed by atoms with van der Waals surface area (Å²) in [4.78, 5) is 12.6. The highest BCUT2D eigenvalue weighted by molar-refractivity contribution is 7.80. The van der Waals surface area contributed by atoms with Crippen LogP contribution in [0.15, 0.2) is 0 Å². The molecular formula is C11H18N2OS. The molecule has 0 aliphatic heterocycles. The van der Waals surface area contributed by atoms with Crippen molar-refractivity contribution in [1.29, 1.82) is 0 Å². The lowest BCUT2D eigenvalue weighted by Crippen LogP contribution is -2.50. The summed E-state index contributed by atoms with van der Waals surface area (Å²) in [6, 6.07) is 0. The first-order chi connectivity index (χ1) is 6.99. The van der Waals surface area contributed by atoms with Gasteiger partial charge in [0.05, 0.1) is 10.4 Å². The number of hydrogen-bond donors (Lipinski definition) is 2. The molecule has 84 valence electrons. The molecule has 3 nitrogen and oxygen atoms in total. The van der Waals surface area contributed by atoms with Crippen LogP contribution in [0.3, 0.4) is 0 Å². The smallest absolute Gasteiger partial charge is 0.233 e. The summed E-state index contributed by atoms with van der Waals surface area (Å²) >= 11 is 5.07. The standard InChI is InChI=1S/C11H18N2OS/c1-10(6-7-10)13-9(14)11(8(12)15)4-2-3-5-11/h2-7H2,1H3,(H2,12,15)(H,13,14). The van der Waals surface area contributed by atoms with E-state index in [1.807, 2.05) is 0 Å². The van der Waals surface area contributed by atoms with Gasteiger partial charge in [0.15, 0.2) is 0 Å². The third-order valence-corrected chi connectivity index (χ3v) is 4.17. The zero-order valence-electron chi connectivity index (χ0n) is 9.14. The molecule has 0 bridgehead atoms. The molecule has 0 aromatic rings. The Hall–Kier alpha value is -0.640. The molecule has 0 radical (unpaired) electrons. The largest absolute Gasteiger partial charge is 0.392 e. The van der Waals surface area contributed by atoms with Gasteiger partial charge in [-0.05, 0) is 32.6 Å². The molecule has 2 fully saturated rings. The van der Waals surface area contributed by atoms with Gasteiger partial charge in [0.25, 0.3) is 0 Å². The van der Waals surface area contributed by atoms with Crippen LogP contribution in [-0.2, 0) is 4.79 Å². The van der Waals surface area contributed by atoms with Crippen molar-refractivity contribution in [3.8, 4) is 0 Å². The molecule has 0 heterocycles. The van der Waals surface area contributed by atoms with Crippen molar-refractivity contribution >= 4 is 23.1 Å². The highest BCUT2D eigenvalue weighted by atomic mass is 32.1. The quantitative estimate of drug-likeness (QED) is 0.717. The second kappa shape index (κ2) is 3.44. The van der Waals surface area contributed by atoms with E-state index in [4.69, 9.17) is 18.0 Å². The molecule has 0 aromatic carbocycles. The van der Waals surface area contributed by atoms with Gasteiger partial charge >= 0.3 is 0 Å². The minimum absolute atomic E-state index is 0.0253. The molecule has 2 saturated carbocycles. The molecule has 1 amide bonds. The number of rotatable bonds is 3. The number of nitrogens with two attached hydrogens (primary N) is 1. The van der Waals surface area contributed by atoms with Crippen LogP contribution < -0.4 is 11.1 Å². The fraction of sp³-hybridized carbons (Fsp3) is 0.818. The van der Waals surface area contributed by atoms with Gasteiger partial charge in [-0.25, -0.2) is 0 Å². The van der Waals surface area contributed by atoms with Crippen molar-refractivity contribution in [2.75, 3.05) is 0 Å². The van der Waals surface area contributed by atoms with Crippen LogP contribution in [0.2, 0.25) is 0 Å². The molecule has 2 rings (SSSR count). The van der Waals surface area contributed by atoms with E-state index in [9.17, 15) is 4.79 Å². The third-order valence-electron chi connectivity index (χ3n) is 3.78. The Morgan fingerprint density at radius 1 is 1.27 bits per heavy atom. The Kier molecular flexibility index (Phi) is 2.49. The lowest BCUT2D eigenvalue weighted by atomic mass is 9.84.